The highest BCUT2D eigenvalue weighted by molar-refractivity contribution is 9.10. The first kappa shape index (κ1) is 19.5. The Labute approximate surface area is 159 Å². The van der Waals surface area contributed by atoms with E-state index in [2.05, 4.69) is 31.9 Å². The Morgan fingerprint density at radius 1 is 1.08 bits per heavy atom. The molecule has 0 aliphatic carbocycles. The van der Waals surface area contributed by atoms with Gasteiger partial charge in [0.25, 0.3) is 5.91 Å². The lowest BCUT2D eigenvalue weighted by Gasteiger charge is -2.13. The van der Waals surface area contributed by atoms with Crippen LogP contribution in [-0.4, -0.2) is 31.4 Å². The summed E-state index contributed by atoms with van der Waals surface area (Å²) in [5.41, 5.74) is 1.35. The highest BCUT2D eigenvalue weighted by atomic mass is 79.9. The van der Waals surface area contributed by atoms with Gasteiger partial charge >= 0.3 is 0 Å². The Bertz CT molecular complexity index is 839. The van der Waals surface area contributed by atoms with Crippen molar-refractivity contribution in [2.24, 2.45) is 0 Å². The van der Waals surface area contributed by atoms with Gasteiger partial charge in [0.2, 0.25) is 11.8 Å². The molecule has 0 aliphatic heterocycles. The maximum absolute atomic E-state index is 12.1. The molecule has 0 bridgehead atoms. The molecule has 2 aromatic carbocycles. The minimum Gasteiger partial charge on any atom is -0.495 e. The minimum absolute atomic E-state index is 0.209. The van der Waals surface area contributed by atoms with Gasteiger partial charge in [0.1, 0.15) is 5.75 Å². The van der Waals surface area contributed by atoms with Crippen molar-refractivity contribution < 1.29 is 19.1 Å². The number of methoxy groups -OCH3 is 1. The molecule has 0 aliphatic rings. The van der Waals surface area contributed by atoms with Gasteiger partial charge in [0, 0.05) is 22.6 Å². The van der Waals surface area contributed by atoms with Crippen molar-refractivity contribution in [3.05, 3.63) is 52.5 Å². The highest BCUT2D eigenvalue weighted by Gasteiger charge is 2.12. The van der Waals surface area contributed by atoms with Crippen molar-refractivity contribution in [2.75, 3.05) is 24.3 Å². The molecule has 0 radical (unpaired) electrons. The van der Waals surface area contributed by atoms with Gasteiger partial charge in [0.05, 0.1) is 19.3 Å². The lowest BCUT2D eigenvalue weighted by atomic mass is 10.2. The van der Waals surface area contributed by atoms with E-state index in [9.17, 15) is 14.4 Å². The van der Waals surface area contributed by atoms with E-state index in [-0.39, 0.29) is 18.4 Å². The largest absolute Gasteiger partial charge is 0.495 e. The molecule has 0 saturated heterocycles. The fourth-order valence-corrected chi connectivity index (χ4v) is 2.57. The van der Waals surface area contributed by atoms with Crippen LogP contribution in [0, 0.1) is 0 Å². The molecule has 26 heavy (non-hydrogen) atoms. The predicted molar refractivity (Wildman–Crippen MR) is 102 cm³/mol. The van der Waals surface area contributed by atoms with Gasteiger partial charge in [-0.3, -0.25) is 14.4 Å². The van der Waals surface area contributed by atoms with Crippen LogP contribution in [0.25, 0.3) is 0 Å². The molecule has 0 saturated carbocycles. The Hall–Kier alpha value is -2.87. The van der Waals surface area contributed by atoms with Gasteiger partial charge in [-0.05, 0) is 36.4 Å². The van der Waals surface area contributed by atoms with Crippen LogP contribution in [0.3, 0.4) is 0 Å². The second-order valence-electron chi connectivity index (χ2n) is 5.34. The zero-order valence-corrected chi connectivity index (χ0v) is 15.8. The summed E-state index contributed by atoms with van der Waals surface area (Å²) in [6.07, 6.45) is 0. The summed E-state index contributed by atoms with van der Waals surface area (Å²) in [4.78, 5) is 35.4. The molecule has 7 nitrogen and oxygen atoms in total. The van der Waals surface area contributed by atoms with Crippen molar-refractivity contribution in [3.63, 3.8) is 0 Å². The van der Waals surface area contributed by atoms with E-state index in [1.54, 1.807) is 42.5 Å². The summed E-state index contributed by atoms with van der Waals surface area (Å²) < 4.78 is 5.97. The minimum atomic E-state index is -0.424. The molecule has 0 atom stereocenters. The van der Waals surface area contributed by atoms with Gasteiger partial charge in [0.15, 0.2) is 0 Å². The van der Waals surface area contributed by atoms with Gasteiger partial charge in [-0.2, -0.15) is 0 Å². The number of benzene rings is 2. The van der Waals surface area contributed by atoms with Crippen LogP contribution in [0.15, 0.2) is 46.9 Å². The quantitative estimate of drug-likeness (QED) is 0.670. The Morgan fingerprint density at radius 2 is 1.85 bits per heavy atom. The average molecular weight is 420 g/mol. The summed E-state index contributed by atoms with van der Waals surface area (Å²) in [6, 6.07) is 11.7. The fourth-order valence-electron chi connectivity index (χ4n) is 2.17. The lowest BCUT2D eigenvalue weighted by molar-refractivity contribution is -0.115. The van der Waals surface area contributed by atoms with Crippen molar-refractivity contribution in [1.29, 1.82) is 0 Å². The van der Waals surface area contributed by atoms with E-state index < -0.39 is 5.91 Å². The third-order valence-electron chi connectivity index (χ3n) is 3.29. The SMILES string of the molecule is COc1ccc(NC(C)=O)cc1NC(=O)CNC(=O)c1cccc(Br)c1. The van der Waals surface area contributed by atoms with E-state index in [4.69, 9.17) is 4.74 Å². The van der Waals surface area contributed by atoms with Crippen molar-refractivity contribution in [2.45, 2.75) is 6.92 Å². The summed E-state index contributed by atoms with van der Waals surface area (Å²) in [5.74, 6) is -0.577. The van der Waals surface area contributed by atoms with Gasteiger partial charge in [-0.25, -0.2) is 0 Å². The second-order valence-corrected chi connectivity index (χ2v) is 6.25. The summed E-state index contributed by atoms with van der Waals surface area (Å²) in [6.45, 7) is 1.18. The van der Waals surface area contributed by atoms with Gasteiger partial charge in [-0.1, -0.05) is 22.0 Å². The van der Waals surface area contributed by atoms with Crippen LogP contribution in [0.5, 0.6) is 5.75 Å². The zero-order chi connectivity index (χ0) is 19.1. The first-order chi connectivity index (χ1) is 12.4. The molecule has 2 aromatic rings. The third-order valence-corrected chi connectivity index (χ3v) is 3.78. The molecular formula is C18H18BrN3O4. The first-order valence-corrected chi connectivity index (χ1v) is 8.47. The molecule has 0 aromatic heterocycles. The Kier molecular flexibility index (Phi) is 6.74. The van der Waals surface area contributed by atoms with Crippen LogP contribution < -0.4 is 20.7 Å². The zero-order valence-electron chi connectivity index (χ0n) is 14.3. The van der Waals surface area contributed by atoms with E-state index in [0.29, 0.717) is 22.7 Å². The molecular weight excluding hydrogens is 402 g/mol. The summed E-state index contributed by atoms with van der Waals surface area (Å²) in [7, 11) is 1.47. The highest BCUT2D eigenvalue weighted by Crippen LogP contribution is 2.27. The van der Waals surface area contributed by atoms with E-state index in [1.165, 1.54) is 14.0 Å². The molecule has 8 heteroatoms. The molecule has 0 heterocycles. The number of halogens is 1. The maximum atomic E-state index is 12.1. The standard InChI is InChI=1S/C18H18BrN3O4/c1-11(23)21-14-6-7-16(26-2)15(9-14)22-17(24)10-20-18(25)12-4-3-5-13(19)8-12/h3-9H,10H2,1-2H3,(H,20,25)(H,21,23)(H,22,24). The molecule has 0 spiro atoms. The molecule has 3 amide bonds. The van der Waals surface area contributed by atoms with E-state index >= 15 is 0 Å². The molecule has 0 unspecified atom stereocenters. The van der Waals surface area contributed by atoms with Crippen LogP contribution in [-0.2, 0) is 9.59 Å². The molecule has 3 N–H and O–H groups in total. The summed E-state index contributed by atoms with van der Waals surface area (Å²) in [5, 5.41) is 7.83. The number of carbonyl (C=O) groups excluding carboxylic acids is 3. The predicted octanol–water partition coefficient (Wildman–Crippen LogP) is 2.78. The first-order valence-electron chi connectivity index (χ1n) is 7.68. The Balaban J connectivity index is 2.00. The van der Waals surface area contributed by atoms with Gasteiger partial charge < -0.3 is 20.7 Å². The van der Waals surface area contributed by atoms with Crippen LogP contribution >= 0.6 is 15.9 Å². The number of hydrogen-bond acceptors (Lipinski definition) is 4. The Morgan fingerprint density at radius 3 is 2.50 bits per heavy atom. The van der Waals surface area contributed by atoms with E-state index in [0.717, 1.165) is 4.47 Å². The molecule has 136 valence electrons. The smallest absolute Gasteiger partial charge is 0.251 e. The number of amides is 3. The van der Waals surface area contributed by atoms with Crippen LogP contribution in [0.2, 0.25) is 0 Å². The number of carbonyl (C=O) groups is 3. The molecule has 0 fully saturated rings. The number of hydrogen-bond donors (Lipinski definition) is 3. The van der Waals surface area contributed by atoms with Crippen LogP contribution in [0.4, 0.5) is 11.4 Å². The van der Waals surface area contributed by atoms with Crippen molar-refractivity contribution in [1.82, 2.24) is 5.32 Å². The lowest BCUT2D eigenvalue weighted by Crippen LogP contribution is -2.32. The second kappa shape index (κ2) is 9.00. The number of anilines is 2. The third kappa shape index (κ3) is 5.59. The number of rotatable bonds is 6. The average Bonchev–Trinajstić information content (AvgIpc) is 2.59. The maximum Gasteiger partial charge on any atom is 0.251 e. The van der Waals surface area contributed by atoms with Gasteiger partial charge in [-0.15, -0.1) is 0 Å². The number of ether oxygens (including phenoxy) is 1. The van der Waals surface area contributed by atoms with Crippen molar-refractivity contribution >= 4 is 45.0 Å². The monoisotopic (exact) mass is 419 g/mol. The number of nitrogens with one attached hydrogen (secondary N) is 3. The van der Waals surface area contributed by atoms with Crippen LogP contribution in [0.1, 0.15) is 17.3 Å². The summed E-state index contributed by atoms with van der Waals surface area (Å²) >= 11 is 3.29. The van der Waals surface area contributed by atoms with Crippen molar-refractivity contribution in [3.8, 4) is 5.75 Å². The fraction of sp³-hybridized carbons (Fsp3) is 0.167. The molecule has 2 rings (SSSR count). The topological polar surface area (TPSA) is 96.5 Å². The van der Waals surface area contributed by atoms with E-state index in [1.807, 2.05) is 0 Å². The normalized spacial score (nSPS) is 9.96.